The Morgan fingerprint density at radius 2 is 1.18 bits per heavy atom. The Morgan fingerprint density at radius 1 is 0.714 bits per heavy atom. The van der Waals surface area contributed by atoms with E-state index >= 15 is 0 Å². The number of unbranched alkanes of at least 4 members (excludes halogenated alkanes) is 18. The topological polar surface area (TPSA) is 125 Å². The van der Waals surface area contributed by atoms with E-state index in [9.17, 15) is 24.5 Å². The summed E-state index contributed by atoms with van der Waals surface area (Å²) in [6.07, 6.45) is 31.3. The zero-order chi connectivity index (χ0) is 36.6. The third-order valence-corrected chi connectivity index (χ3v) is 9.70. The van der Waals surface area contributed by atoms with Crippen molar-refractivity contribution in [3.05, 3.63) is 24.3 Å². The molecular weight excluding hydrogens is 639 g/mol. The first-order valence-corrected chi connectivity index (χ1v) is 21.3. The van der Waals surface area contributed by atoms with Crippen molar-refractivity contribution in [1.82, 2.24) is 5.32 Å². The number of nitrogens with one attached hydrogen (secondary N) is 1. The van der Waals surface area contributed by atoms with E-state index in [0.717, 1.165) is 51.4 Å². The molecule has 0 heterocycles. The predicted octanol–water partition coefficient (Wildman–Crippen LogP) is 9.16. The molecule has 0 fully saturated rings. The van der Waals surface area contributed by atoms with Gasteiger partial charge in [-0.25, -0.2) is 4.57 Å². The van der Waals surface area contributed by atoms with Crippen LogP contribution in [0.15, 0.2) is 24.3 Å². The molecule has 0 saturated heterocycles. The lowest BCUT2D eigenvalue weighted by Crippen LogP contribution is -2.46. The molecule has 290 valence electrons. The van der Waals surface area contributed by atoms with Gasteiger partial charge in [-0.3, -0.25) is 13.8 Å². The highest BCUT2D eigenvalue weighted by atomic mass is 31.2. The number of carbonyl (C=O) groups excluding carboxylic acids is 1. The molecular formula is C39H78N2O7P+. The van der Waals surface area contributed by atoms with Crippen LogP contribution in [0.25, 0.3) is 0 Å². The predicted molar refractivity (Wildman–Crippen MR) is 204 cm³/mol. The zero-order valence-electron chi connectivity index (χ0n) is 32.3. The van der Waals surface area contributed by atoms with E-state index < -0.39 is 38.6 Å². The molecule has 0 bridgehead atoms. The Kier molecular flexibility index (Phi) is 31.0. The smallest absolute Gasteiger partial charge is 0.393 e. The summed E-state index contributed by atoms with van der Waals surface area (Å²) in [7, 11) is 1.44. The van der Waals surface area contributed by atoms with Gasteiger partial charge in [0.2, 0.25) is 5.91 Å². The molecule has 49 heavy (non-hydrogen) atoms. The number of quaternary nitrogens is 1. The van der Waals surface area contributed by atoms with Crippen LogP contribution < -0.4 is 5.32 Å². The van der Waals surface area contributed by atoms with Crippen molar-refractivity contribution < 1.29 is 38.0 Å². The second-order valence-corrected chi connectivity index (χ2v) is 16.3. The molecule has 0 rings (SSSR count). The summed E-state index contributed by atoms with van der Waals surface area (Å²) in [5.74, 6) is -0.441. The van der Waals surface area contributed by atoms with Crippen molar-refractivity contribution in [2.45, 2.75) is 180 Å². The number of aliphatic hydroxyl groups excluding tert-OH is 2. The van der Waals surface area contributed by atoms with E-state index in [4.69, 9.17) is 9.05 Å². The van der Waals surface area contributed by atoms with Crippen molar-refractivity contribution in [2.24, 2.45) is 0 Å². The average Bonchev–Trinajstić information content (AvgIpc) is 3.03. The van der Waals surface area contributed by atoms with Crippen molar-refractivity contribution in [1.29, 1.82) is 0 Å². The van der Waals surface area contributed by atoms with E-state index in [1.807, 2.05) is 27.2 Å². The minimum absolute atomic E-state index is 0.0250. The number of allylic oxidation sites excluding steroid dienone is 3. The highest BCUT2D eigenvalue weighted by Gasteiger charge is 2.28. The van der Waals surface area contributed by atoms with Gasteiger partial charge in [-0.1, -0.05) is 134 Å². The first kappa shape index (κ1) is 47.9. The monoisotopic (exact) mass is 718 g/mol. The Balaban J connectivity index is 4.68. The molecule has 0 saturated carbocycles. The molecule has 0 aliphatic rings. The molecule has 0 aromatic heterocycles. The first-order valence-electron chi connectivity index (χ1n) is 19.8. The van der Waals surface area contributed by atoms with Gasteiger partial charge in [-0.05, 0) is 44.9 Å². The molecule has 0 aromatic carbocycles. The molecule has 4 atom stereocenters. The molecule has 0 aliphatic carbocycles. The van der Waals surface area contributed by atoms with E-state index in [0.29, 0.717) is 17.4 Å². The van der Waals surface area contributed by atoms with Crippen LogP contribution in [0.2, 0.25) is 0 Å². The van der Waals surface area contributed by atoms with Crippen LogP contribution in [0, 0.1) is 0 Å². The molecule has 0 aromatic rings. The van der Waals surface area contributed by atoms with Crippen LogP contribution in [-0.2, 0) is 18.4 Å². The highest BCUT2D eigenvalue weighted by molar-refractivity contribution is 7.47. The number of hydrogen-bond donors (Lipinski definition) is 4. The fourth-order valence-electron chi connectivity index (χ4n) is 5.49. The summed E-state index contributed by atoms with van der Waals surface area (Å²) in [4.78, 5) is 23.0. The SMILES string of the molecule is CCCCCC/C=C\CCCCCC(O)CC(=O)N[C@@H](COP(=O)(O)OCC[N+](C)(C)C)[C@H](O)/C=C/CCCCCCCCCCCCC. The Bertz CT molecular complexity index is 878. The lowest BCUT2D eigenvalue weighted by molar-refractivity contribution is -0.870. The van der Waals surface area contributed by atoms with Crippen molar-refractivity contribution >= 4 is 13.7 Å². The van der Waals surface area contributed by atoms with Gasteiger partial charge >= 0.3 is 7.82 Å². The second kappa shape index (κ2) is 31.7. The summed E-state index contributed by atoms with van der Waals surface area (Å²) < 4.78 is 23.4. The summed E-state index contributed by atoms with van der Waals surface area (Å²) in [5, 5.41) is 24.1. The van der Waals surface area contributed by atoms with Crippen molar-refractivity contribution in [2.75, 3.05) is 40.9 Å². The Morgan fingerprint density at radius 3 is 1.71 bits per heavy atom. The second-order valence-electron chi connectivity index (χ2n) is 14.8. The van der Waals surface area contributed by atoms with Gasteiger partial charge in [0.1, 0.15) is 13.2 Å². The minimum Gasteiger partial charge on any atom is -0.393 e. The normalized spacial score (nSPS) is 15.5. The van der Waals surface area contributed by atoms with Crippen LogP contribution in [0.4, 0.5) is 0 Å². The molecule has 0 aliphatic heterocycles. The van der Waals surface area contributed by atoms with Crippen LogP contribution in [-0.4, -0.2) is 84.6 Å². The molecule has 10 heteroatoms. The lowest BCUT2D eigenvalue weighted by atomic mass is 10.0. The largest absolute Gasteiger partial charge is 0.472 e. The van der Waals surface area contributed by atoms with Gasteiger partial charge in [0.25, 0.3) is 0 Å². The third-order valence-electron chi connectivity index (χ3n) is 8.72. The van der Waals surface area contributed by atoms with Crippen LogP contribution in [0.3, 0.4) is 0 Å². The van der Waals surface area contributed by atoms with E-state index in [2.05, 4.69) is 31.3 Å². The number of phosphoric ester groups is 1. The summed E-state index contributed by atoms with van der Waals surface area (Å²) >= 11 is 0. The maximum absolute atomic E-state index is 12.8. The fraction of sp³-hybridized carbons (Fsp3) is 0.872. The van der Waals surface area contributed by atoms with Gasteiger partial charge in [-0.15, -0.1) is 0 Å². The van der Waals surface area contributed by atoms with Gasteiger partial charge in [-0.2, -0.15) is 0 Å². The van der Waals surface area contributed by atoms with Gasteiger partial charge in [0, 0.05) is 0 Å². The summed E-state index contributed by atoms with van der Waals surface area (Å²) in [6, 6.07) is -0.968. The maximum Gasteiger partial charge on any atom is 0.472 e. The highest BCUT2D eigenvalue weighted by Crippen LogP contribution is 2.43. The first-order chi connectivity index (χ1) is 23.4. The van der Waals surface area contributed by atoms with Crippen molar-refractivity contribution in [3.8, 4) is 0 Å². The molecule has 4 N–H and O–H groups in total. The number of rotatable bonds is 35. The summed E-state index contributed by atoms with van der Waals surface area (Å²) in [5.41, 5.74) is 0. The number of hydrogen-bond acceptors (Lipinski definition) is 6. The van der Waals surface area contributed by atoms with E-state index in [1.54, 1.807) is 6.08 Å². The molecule has 9 nitrogen and oxygen atoms in total. The summed E-state index contributed by atoms with van der Waals surface area (Å²) in [6.45, 7) is 4.59. The quantitative estimate of drug-likeness (QED) is 0.0223. The molecule has 0 radical (unpaired) electrons. The number of carbonyl (C=O) groups is 1. The number of aliphatic hydroxyl groups is 2. The van der Waals surface area contributed by atoms with E-state index in [1.165, 1.54) is 83.5 Å². The van der Waals surface area contributed by atoms with Crippen LogP contribution in [0.1, 0.15) is 162 Å². The number of amides is 1. The van der Waals surface area contributed by atoms with Crippen molar-refractivity contribution in [3.63, 3.8) is 0 Å². The standard InChI is InChI=1S/C39H77N2O7P/c1-6-8-10-12-14-16-18-19-21-23-25-27-29-31-38(43)37(35-48-49(45,46)47-33-32-41(3,4)5)40-39(44)34-36(42)30-28-26-24-22-20-17-15-13-11-9-7-2/h17,20,29,31,36-38,42-43H,6-16,18-19,21-28,30,32-35H2,1-5H3,(H-,40,44,45,46)/p+1/b20-17-,31-29+/t36?,37-,38+/m0/s1. The third kappa shape index (κ3) is 33.8. The average molecular weight is 718 g/mol. The number of likely N-dealkylation sites (N-methyl/N-ethyl adjacent to an activating group) is 1. The van der Waals surface area contributed by atoms with Crippen LogP contribution >= 0.6 is 7.82 Å². The number of phosphoric acid groups is 1. The maximum atomic E-state index is 12.8. The Hall–Kier alpha value is -1.06. The lowest BCUT2D eigenvalue weighted by Gasteiger charge is -2.25. The van der Waals surface area contributed by atoms with Crippen LogP contribution in [0.5, 0.6) is 0 Å². The number of nitrogens with zero attached hydrogens (tertiary/aromatic N) is 1. The molecule has 2 unspecified atom stereocenters. The van der Waals surface area contributed by atoms with E-state index in [-0.39, 0.29) is 13.0 Å². The molecule has 0 spiro atoms. The zero-order valence-corrected chi connectivity index (χ0v) is 33.2. The fourth-order valence-corrected chi connectivity index (χ4v) is 6.22. The Labute approximate surface area is 301 Å². The molecule has 1 amide bonds. The minimum atomic E-state index is -4.39. The van der Waals surface area contributed by atoms with Gasteiger partial charge < -0.3 is 24.9 Å². The van der Waals surface area contributed by atoms with Gasteiger partial charge in [0.15, 0.2) is 0 Å². The van der Waals surface area contributed by atoms with Gasteiger partial charge in [0.05, 0.1) is 52.4 Å².